The maximum atomic E-state index is 11.4. The Balaban J connectivity index is 2.02. The van der Waals surface area contributed by atoms with Crippen LogP contribution in [0.25, 0.3) is 0 Å². The maximum Gasteiger partial charge on any atom is 0.220 e. The lowest BCUT2D eigenvalue weighted by Crippen LogP contribution is -2.31. The number of nitrogens with one attached hydrogen (secondary N) is 2. The van der Waals surface area contributed by atoms with Gasteiger partial charge in [0.25, 0.3) is 0 Å². The van der Waals surface area contributed by atoms with Crippen LogP contribution in [0.1, 0.15) is 39.5 Å². The molecule has 1 fully saturated rings. The Morgan fingerprint density at radius 2 is 2.07 bits per heavy atom. The molecule has 0 aromatic carbocycles. The summed E-state index contributed by atoms with van der Waals surface area (Å²) in [5, 5.41) is 6.35. The highest BCUT2D eigenvalue weighted by Gasteiger charge is 2.12. The maximum absolute atomic E-state index is 11.4. The molecule has 0 atom stereocenters. The van der Waals surface area contributed by atoms with Gasteiger partial charge < -0.3 is 10.6 Å². The summed E-state index contributed by atoms with van der Waals surface area (Å²) in [6.45, 7) is 7.30. The van der Waals surface area contributed by atoms with Crippen molar-refractivity contribution in [2.24, 2.45) is 11.8 Å². The number of hydrogen-bond donors (Lipinski definition) is 2. The summed E-state index contributed by atoms with van der Waals surface area (Å²) in [7, 11) is 0. The molecular formula is C12H24N2O. The van der Waals surface area contributed by atoms with Gasteiger partial charge in [0, 0.05) is 13.0 Å². The van der Waals surface area contributed by atoms with Crippen molar-refractivity contribution in [3.63, 3.8) is 0 Å². The minimum absolute atomic E-state index is 0.207. The van der Waals surface area contributed by atoms with Gasteiger partial charge in [0.05, 0.1) is 0 Å². The number of rotatable bonds is 5. The first-order chi connectivity index (χ1) is 7.18. The molecule has 0 aromatic rings. The van der Waals surface area contributed by atoms with Gasteiger partial charge in [0.15, 0.2) is 0 Å². The first-order valence-electron chi connectivity index (χ1n) is 6.16. The predicted octanol–water partition coefficient (Wildman–Crippen LogP) is 1.54. The number of amides is 1. The molecule has 0 aliphatic carbocycles. The van der Waals surface area contributed by atoms with E-state index in [0.717, 1.165) is 32.0 Å². The van der Waals surface area contributed by atoms with Crippen molar-refractivity contribution in [3.05, 3.63) is 0 Å². The standard InChI is InChI=1S/C12H24N2O/c1-10(2)9-12(15)14-8-5-11-3-6-13-7-4-11/h10-11,13H,3-9H2,1-2H3,(H,14,15). The van der Waals surface area contributed by atoms with Gasteiger partial charge in [0.1, 0.15) is 0 Å². The molecule has 1 saturated heterocycles. The smallest absolute Gasteiger partial charge is 0.220 e. The lowest BCUT2D eigenvalue weighted by molar-refractivity contribution is -0.121. The molecule has 0 spiro atoms. The van der Waals surface area contributed by atoms with Crippen LogP contribution in [-0.4, -0.2) is 25.5 Å². The van der Waals surface area contributed by atoms with Gasteiger partial charge in [-0.05, 0) is 44.2 Å². The third-order valence-electron chi connectivity index (χ3n) is 2.93. The fourth-order valence-corrected chi connectivity index (χ4v) is 2.03. The van der Waals surface area contributed by atoms with Crippen LogP contribution in [0.4, 0.5) is 0 Å². The van der Waals surface area contributed by atoms with E-state index in [1.807, 2.05) is 0 Å². The summed E-state index contributed by atoms with van der Waals surface area (Å²) >= 11 is 0. The molecule has 0 saturated carbocycles. The fraction of sp³-hybridized carbons (Fsp3) is 0.917. The lowest BCUT2D eigenvalue weighted by atomic mass is 9.95. The Morgan fingerprint density at radius 1 is 1.40 bits per heavy atom. The predicted molar refractivity (Wildman–Crippen MR) is 62.7 cm³/mol. The normalized spacial score (nSPS) is 18.1. The van der Waals surface area contributed by atoms with Gasteiger partial charge in [-0.3, -0.25) is 4.79 Å². The number of carbonyl (C=O) groups is 1. The zero-order valence-corrected chi connectivity index (χ0v) is 10.0. The molecule has 1 amide bonds. The minimum Gasteiger partial charge on any atom is -0.356 e. The van der Waals surface area contributed by atoms with Crippen molar-refractivity contribution in [1.82, 2.24) is 10.6 Å². The topological polar surface area (TPSA) is 41.1 Å². The van der Waals surface area contributed by atoms with E-state index < -0.39 is 0 Å². The molecule has 1 heterocycles. The second-order valence-corrected chi connectivity index (χ2v) is 4.93. The molecule has 0 unspecified atom stereocenters. The molecule has 3 heteroatoms. The summed E-state index contributed by atoms with van der Waals surface area (Å²) in [5.41, 5.74) is 0. The summed E-state index contributed by atoms with van der Waals surface area (Å²) in [6.07, 6.45) is 4.33. The van der Waals surface area contributed by atoms with E-state index in [4.69, 9.17) is 0 Å². The van der Waals surface area contributed by atoms with Crippen LogP contribution < -0.4 is 10.6 Å². The zero-order valence-electron chi connectivity index (χ0n) is 10.0. The summed E-state index contributed by atoms with van der Waals surface area (Å²) in [4.78, 5) is 11.4. The average Bonchev–Trinajstić information content (AvgIpc) is 2.18. The van der Waals surface area contributed by atoms with E-state index in [9.17, 15) is 4.79 Å². The fourth-order valence-electron chi connectivity index (χ4n) is 2.03. The number of piperidine rings is 1. The highest BCUT2D eigenvalue weighted by Crippen LogP contribution is 2.14. The quantitative estimate of drug-likeness (QED) is 0.726. The van der Waals surface area contributed by atoms with Crippen molar-refractivity contribution in [2.45, 2.75) is 39.5 Å². The molecule has 3 nitrogen and oxygen atoms in total. The molecule has 1 aliphatic rings. The molecule has 1 aliphatic heterocycles. The van der Waals surface area contributed by atoms with E-state index in [-0.39, 0.29) is 5.91 Å². The van der Waals surface area contributed by atoms with E-state index in [1.54, 1.807) is 0 Å². The van der Waals surface area contributed by atoms with Crippen molar-refractivity contribution in [1.29, 1.82) is 0 Å². The molecule has 0 radical (unpaired) electrons. The van der Waals surface area contributed by atoms with Crippen molar-refractivity contribution < 1.29 is 4.79 Å². The Bertz CT molecular complexity index is 186. The molecule has 0 bridgehead atoms. The second kappa shape index (κ2) is 6.83. The average molecular weight is 212 g/mol. The number of hydrogen-bond acceptors (Lipinski definition) is 2. The van der Waals surface area contributed by atoms with Gasteiger partial charge in [-0.15, -0.1) is 0 Å². The molecule has 1 rings (SSSR count). The van der Waals surface area contributed by atoms with Crippen LogP contribution in [-0.2, 0) is 4.79 Å². The van der Waals surface area contributed by atoms with Crippen molar-refractivity contribution >= 4 is 5.91 Å². The Morgan fingerprint density at radius 3 is 2.67 bits per heavy atom. The first kappa shape index (κ1) is 12.5. The van der Waals surface area contributed by atoms with Gasteiger partial charge in [-0.25, -0.2) is 0 Å². The van der Waals surface area contributed by atoms with Gasteiger partial charge in [-0.1, -0.05) is 13.8 Å². The van der Waals surface area contributed by atoms with E-state index in [0.29, 0.717) is 12.3 Å². The van der Waals surface area contributed by atoms with Gasteiger partial charge in [0.2, 0.25) is 5.91 Å². The SMILES string of the molecule is CC(C)CC(=O)NCCC1CCNCC1. The Kier molecular flexibility index (Phi) is 5.69. The van der Waals surface area contributed by atoms with E-state index in [2.05, 4.69) is 24.5 Å². The van der Waals surface area contributed by atoms with E-state index >= 15 is 0 Å². The minimum atomic E-state index is 0.207. The monoisotopic (exact) mass is 212 g/mol. The summed E-state index contributed by atoms with van der Waals surface area (Å²) in [5.74, 6) is 1.48. The Labute approximate surface area is 93.0 Å². The second-order valence-electron chi connectivity index (χ2n) is 4.93. The van der Waals surface area contributed by atoms with Crippen molar-refractivity contribution in [3.8, 4) is 0 Å². The van der Waals surface area contributed by atoms with Crippen molar-refractivity contribution in [2.75, 3.05) is 19.6 Å². The zero-order chi connectivity index (χ0) is 11.1. The summed E-state index contributed by atoms with van der Waals surface area (Å²) < 4.78 is 0. The van der Waals surface area contributed by atoms with Crippen LogP contribution >= 0.6 is 0 Å². The lowest BCUT2D eigenvalue weighted by Gasteiger charge is -2.22. The third kappa shape index (κ3) is 5.78. The van der Waals surface area contributed by atoms with Crippen LogP contribution in [0.3, 0.4) is 0 Å². The molecule has 0 aromatic heterocycles. The van der Waals surface area contributed by atoms with Gasteiger partial charge >= 0.3 is 0 Å². The summed E-state index contributed by atoms with van der Waals surface area (Å²) in [6, 6.07) is 0. The number of carbonyl (C=O) groups excluding carboxylic acids is 1. The third-order valence-corrected chi connectivity index (χ3v) is 2.93. The molecule has 88 valence electrons. The largest absolute Gasteiger partial charge is 0.356 e. The van der Waals surface area contributed by atoms with Crippen LogP contribution in [0.5, 0.6) is 0 Å². The Hall–Kier alpha value is -0.570. The highest BCUT2D eigenvalue weighted by molar-refractivity contribution is 5.75. The van der Waals surface area contributed by atoms with Crippen LogP contribution in [0, 0.1) is 11.8 Å². The van der Waals surface area contributed by atoms with Gasteiger partial charge in [-0.2, -0.15) is 0 Å². The van der Waals surface area contributed by atoms with Crippen LogP contribution in [0.2, 0.25) is 0 Å². The highest BCUT2D eigenvalue weighted by atomic mass is 16.1. The van der Waals surface area contributed by atoms with Crippen LogP contribution in [0.15, 0.2) is 0 Å². The molecule has 15 heavy (non-hydrogen) atoms. The molecule has 2 N–H and O–H groups in total. The molecular weight excluding hydrogens is 188 g/mol. The van der Waals surface area contributed by atoms with E-state index in [1.165, 1.54) is 12.8 Å². The first-order valence-corrected chi connectivity index (χ1v) is 6.16.